The van der Waals surface area contributed by atoms with Gasteiger partial charge in [0.05, 0.1) is 17.7 Å². The van der Waals surface area contributed by atoms with Gasteiger partial charge in [0.15, 0.2) is 0 Å². The molecule has 0 bridgehead atoms. The molecule has 140 valence electrons. The number of carbonyl (C=O) groups is 1. The lowest BCUT2D eigenvalue weighted by atomic mass is 10.1. The van der Waals surface area contributed by atoms with Gasteiger partial charge in [-0.25, -0.2) is 13.1 Å². The van der Waals surface area contributed by atoms with Crippen LogP contribution in [0.25, 0.3) is 0 Å². The molecule has 0 spiro atoms. The largest absolute Gasteiger partial charge is 0.467 e. The third-order valence-corrected chi connectivity index (χ3v) is 5.62. The van der Waals surface area contributed by atoms with E-state index in [2.05, 4.69) is 10.0 Å². The highest BCUT2D eigenvalue weighted by molar-refractivity contribution is 7.89. The normalized spacial score (nSPS) is 12.5. The van der Waals surface area contributed by atoms with Crippen molar-refractivity contribution in [2.24, 2.45) is 0 Å². The van der Waals surface area contributed by atoms with E-state index in [0.29, 0.717) is 11.3 Å². The van der Waals surface area contributed by atoms with Crippen LogP contribution in [-0.2, 0) is 16.6 Å². The van der Waals surface area contributed by atoms with E-state index >= 15 is 0 Å². The highest BCUT2D eigenvalue weighted by Crippen LogP contribution is 2.17. The number of hydrogen-bond donors (Lipinski definition) is 2. The molecule has 1 amide bonds. The fraction of sp³-hybridized carbons (Fsp3) is 0.150. The second-order valence-corrected chi connectivity index (χ2v) is 7.75. The average Bonchev–Trinajstić information content (AvgIpc) is 3.20. The third kappa shape index (κ3) is 4.84. The molecule has 2 N–H and O–H groups in total. The van der Waals surface area contributed by atoms with Crippen LogP contribution >= 0.6 is 0 Å². The fourth-order valence-corrected chi connectivity index (χ4v) is 3.81. The summed E-state index contributed by atoms with van der Waals surface area (Å²) in [6.45, 7) is 2.05. The fourth-order valence-electron chi connectivity index (χ4n) is 2.58. The monoisotopic (exact) mass is 384 g/mol. The predicted molar refractivity (Wildman–Crippen MR) is 101 cm³/mol. The van der Waals surface area contributed by atoms with E-state index in [0.717, 1.165) is 5.56 Å². The van der Waals surface area contributed by atoms with E-state index in [4.69, 9.17) is 4.42 Å². The Morgan fingerprint density at radius 1 is 1.00 bits per heavy atom. The first kappa shape index (κ1) is 18.9. The zero-order valence-electron chi connectivity index (χ0n) is 14.8. The summed E-state index contributed by atoms with van der Waals surface area (Å²) in [5.41, 5.74) is 1.24. The van der Waals surface area contributed by atoms with Crippen molar-refractivity contribution in [3.8, 4) is 0 Å². The SMILES string of the molecule is CC(NS(=O)(=O)c1ccc(C(=O)NCc2ccco2)cc1)c1ccccc1. The van der Waals surface area contributed by atoms with Crippen LogP contribution in [0, 0.1) is 0 Å². The molecule has 6 nitrogen and oxygen atoms in total. The van der Waals surface area contributed by atoms with Crippen LogP contribution in [0.4, 0.5) is 0 Å². The van der Waals surface area contributed by atoms with Gasteiger partial charge in [-0.3, -0.25) is 4.79 Å². The number of benzene rings is 2. The summed E-state index contributed by atoms with van der Waals surface area (Å²) in [5, 5.41) is 2.72. The Kier molecular flexibility index (Phi) is 5.73. The molecule has 0 aliphatic rings. The van der Waals surface area contributed by atoms with Crippen molar-refractivity contribution >= 4 is 15.9 Å². The van der Waals surface area contributed by atoms with Crippen molar-refractivity contribution < 1.29 is 17.6 Å². The van der Waals surface area contributed by atoms with Gasteiger partial charge < -0.3 is 9.73 Å². The molecular weight excluding hydrogens is 364 g/mol. The number of sulfonamides is 1. The first-order valence-corrected chi connectivity index (χ1v) is 9.92. The van der Waals surface area contributed by atoms with Crippen LogP contribution < -0.4 is 10.0 Å². The molecule has 0 fully saturated rings. The molecule has 0 aliphatic heterocycles. The molecule has 27 heavy (non-hydrogen) atoms. The van der Waals surface area contributed by atoms with Gasteiger partial charge in [-0.1, -0.05) is 30.3 Å². The molecule has 0 aliphatic carbocycles. The topological polar surface area (TPSA) is 88.4 Å². The van der Waals surface area contributed by atoms with Gasteiger partial charge in [-0.05, 0) is 48.9 Å². The Morgan fingerprint density at radius 2 is 1.70 bits per heavy atom. The number of amides is 1. The van der Waals surface area contributed by atoms with Crippen molar-refractivity contribution in [2.45, 2.75) is 24.4 Å². The van der Waals surface area contributed by atoms with Crippen molar-refractivity contribution in [2.75, 3.05) is 0 Å². The van der Waals surface area contributed by atoms with E-state index in [1.54, 1.807) is 19.1 Å². The molecule has 1 atom stereocenters. The van der Waals surface area contributed by atoms with Gasteiger partial charge in [-0.15, -0.1) is 0 Å². The maximum Gasteiger partial charge on any atom is 0.251 e. The summed E-state index contributed by atoms with van der Waals surface area (Å²) < 4.78 is 32.9. The second-order valence-electron chi connectivity index (χ2n) is 6.04. The molecule has 0 saturated heterocycles. The number of rotatable bonds is 7. The maximum atomic E-state index is 12.6. The van der Waals surface area contributed by atoms with Crippen molar-refractivity contribution in [1.29, 1.82) is 0 Å². The van der Waals surface area contributed by atoms with Crippen LogP contribution in [-0.4, -0.2) is 14.3 Å². The molecule has 3 rings (SSSR count). The van der Waals surface area contributed by atoms with Crippen LogP contribution in [0.3, 0.4) is 0 Å². The van der Waals surface area contributed by atoms with Crippen LogP contribution in [0.15, 0.2) is 82.3 Å². The molecular formula is C20H20N2O4S. The minimum atomic E-state index is -3.69. The lowest BCUT2D eigenvalue weighted by molar-refractivity contribution is 0.0948. The molecule has 7 heteroatoms. The first-order valence-electron chi connectivity index (χ1n) is 8.43. The zero-order valence-corrected chi connectivity index (χ0v) is 15.6. The van der Waals surface area contributed by atoms with Gasteiger partial charge in [0.25, 0.3) is 5.91 Å². The Bertz CT molecular complexity index is 982. The van der Waals surface area contributed by atoms with E-state index in [1.165, 1.54) is 30.5 Å². The van der Waals surface area contributed by atoms with Crippen LogP contribution in [0.1, 0.15) is 34.6 Å². The minimum absolute atomic E-state index is 0.105. The molecule has 0 saturated carbocycles. The third-order valence-electron chi connectivity index (χ3n) is 4.06. The lowest BCUT2D eigenvalue weighted by Gasteiger charge is -2.15. The number of carbonyl (C=O) groups excluding carboxylic acids is 1. The van der Waals surface area contributed by atoms with Crippen molar-refractivity contribution in [1.82, 2.24) is 10.0 Å². The zero-order chi connectivity index (χ0) is 19.3. The predicted octanol–water partition coefficient (Wildman–Crippen LogP) is 3.25. The van der Waals surface area contributed by atoms with E-state index in [9.17, 15) is 13.2 Å². The Balaban J connectivity index is 1.65. The molecule has 1 heterocycles. The molecule has 1 aromatic heterocycles. The van der Waals surface area contributed by atoms with E-state index in [1.807, 2.05) is 30.3 Å². The second kappa shape index (κ2) is 8.20. The minimum Gasteiger partial charge on any atom is -0.467 e. The maximum absolute atomic E-state index is 12.6. The summed E-state index contributed by atoms with van der Waals surface area (Å²) in [4.78, 5) is 12.3. The Morgan fingerprint density at radius 3 is 2.33 bits per heavy atom. The molecule has 2 aromatic carbocycles. The summed E-state index contributed by atoms with van der Waals surface area (Å²) in [7, 11) is -3.69. The number of furan rings is 1. The quantitative estimate of drug-likeness (QED) is 0.654. The molecule has 3 aromatic rings. The van der Waals surface area contributed by atoms with Gasteiger partial charge in [0, 0.05) is 11.6 Å². The highest BCUT2D eigenvalue weighted by Gasteiger charge is 2.18. The summed E-state index contributed by atoms with van der Waals surface area (Å²) in [5.74, 6) is 0.336. The number of nitrogens with one attached hydrogen (secondary N) is 2. The Hall–Kier alpha value is -2.90. The van der Waals surface area contributed by atoms with E-state index < -0.39 is 10.0 Å². The van der Waals surface area contributed by atoms with Gasteiger partial charge in [0.2, 0.25) is 10.0 Å². The Labute approximate surface area is 158 Å². The van der Waals surface area contributed by atoms with Gasteiger partial charge in [-0.2, -0.15) is 0 Å². The molecule has 1 unspecified atom stereocenters. The number of hydrogen-bond acceptors (Lipinski definition) is 4. The van der Waals surface area contributed by atoms with Crippen molar-refractivity contribution in [3.05, 3.63) is 89.9 Å². The van der Waals surface area contributed by atoms with Crippen LogP contribution in [0.5, 0.6) is 0 Å². The molecule has 0 radical (unpaired) electrons. The van der Waals surface area contributed by atoms with Gasteiger partial charge >= 0.3 is 0 Å². The lowest BCUT2D eigenvalue weighted by Crippen LogP contribution is -2.27. The first-order chi connectivity index (χ1) is 13.0. The van der Waals surface area contributed by atoms with Gasteiger partial charge in [0.1, 0.15) is 5.76 Å². The summed E-state index contributed by atoms with van der Waals surface area (Å²) >= 11 is 0. The van der Waals surface area contributed by atoms with E-state index in [-0.39, 0.29) is 23.4 Å². The smallest absolute Gasteiger partial charge is 0.251 e. The summed E-state index contributed by atoms with van der Waals surface area (Å²) in [6.07, 6.45) is 1.53. The highest BCUT2D eigenvalue weighted by atomic mass is 32.2. The van der Waals surface area contributed by atoms with Crippen molar-refractivity contribution in [3.63, 3.8) is 0 Å². The average molecular weight is 384 g/mol. The van der Waals surface area contributed by atoms with Crippen LogP contribution in [0.2, 0.25) is 0 Å². The standard InChI is InChI=1S/C20H20N2O4S/c1-15(16-6-3-2-4-7-16)22-27(24,25)19-11-9-17(10-12-19)20(23)21-14-18-8-5-13-26-18/h2-13,15,22H,14H2,1H3,(H,21,23). The summed E-state index contributed by atoms with van der Waals surface area (Å²) in [6, 6.07) is 18.3.